The fraction of sp³-hybridized carbons (Fsp3) is 0.467. The van der Waals surface area contributed by atoms with Gasteiger partial charge in [-0.25, -0.2) is 0 Å². The molecule has 1 saturated heterocycles. The molecule has 0 bridgehead atoms. The van der Waals surface area contributed by atoms with Gasteiger partial charge in [-0.05, 0) is 49.9 Å². The van der Waals surface area contributed by atoms with Gasteiger partial charge >= 0.3 is 0 Å². The Balaban J connectivity index is 1.66. The molecule has 0 atom stereocenters. The van der Waals surface area contributed by atoms with Crippen LogP contribution in [0.25, 0.3) is 0 Å². The smallest absolute Gasteiger partial charge is 0.248 e. The van der Waals surface area contributed by atoms with E-state index in [2.05, 4.69) is 27.2 Å². The molecule has 21 heavy (non-hydrogen) atoms. The largest absolute Gasteiger partial charge is 0.354 e. The number of rotatable bonds is 5. The van der Waals surface area contributed by atoms with Crippen LogP contribution in [-0.2, 0) is 16.8 Å². The molecule has 1 fully saturated rings. The molecule has 2 aromatic rings. The Hall–Kier alpha value is -1.66. The zero-order valence-electron chi connectivity index (χ0n) is 11.9. The van der Waals surface area contributed by atoms with Crippen molar-refractivity contribution in [1.82, 2.24) is 20.4 Å². The van der Waals surface area contributed by atoms with Gasteiger partial charge in [0.1, 0.15) is 5.54 Å². The van der Waals surface area contributed by atoms with E-state index in [0.717, 1.165) is 32.4 Å². The van der Waals surface area contributed by atoms with Crippen LogP contribution in [0.15, 0.2) is 36.0 Å². The Morgan fingerprint density at radius 3 is 2.95 bits per heavy atom. The van der Waals surface area contributed by atoms with Gasteiger partial charge in [0.2, 0.25) is 5.91 Å². The summed E-state index contributed by atoms with van der Waals surface area (Å²) in [6.07, 6.45) is 6.07. The average molecular weight is 304 g/mol. The Bertz CT molecular complexity index is 559. The first-order valence-electron chi connectivity index (χ1n) is 7.33. The molecule has 1 aliphatic heterocycles. The zero-order chi connectivity index (χ0) is 14.5. The molecular weight excluding hydrogens is 284 g/mol. The van der Waals surface area contributed by atoms with Gasteiger partial charge in [-0.2, -0.15) is 5.10 Å². The van der Waals surface area contributed by atoms with Gasteiger partial charge < -0.3 is 10.6 Å². The fourth-order valence-corrected chi connectivity index (χ4v) is 3.55. The molecule has 0 spiro atoms. The Morgan fingerprint density at radius 1 is 1.43 bits per heavy atom. The lowest BCUT2D eigenvalue weighted by Crippen LogP contribution is -2.54. The topological polar surface area (TPSA) is 59.0 Å². The molecule has 0 radical (unpaired) electrons. The van der Waals surface area contributed by atoms with Crippen LogP contribution in [0.4, 0.5) is 0 Å². The highest BCUT2D eigenvalue weighted by Crippen LogP contribution is 2.27. The first kappa shape index (κ1) is 14.3. The predicted molar refractivity (Wildman–Crippen MR) is 83.3 cm³/mol. The van der Waals surface area contributed by atoms with Gasteiger partial charge in [0.25, 0.3) is 0 Å². The molecule has 0 unspecified atom stereocenters. The van der Waals surface area contributed by atoms with Crippen LogP contribution in [0.2, 0.25) is 0 Å². The summed E-state index contributed by atoms with van der Waals surface area (Å²) >= 11 is 1.73. The fourth-order valence-electron chi connectivity index (χ4n) is 2.84. The molecule has 112 valence electrons. The van der Waals surface area contributed by atoms with Crippen molar-refractivity contribution in [2.24, 2.45) is 0 Å². The Morgan fingerprint density at radius 2 is 2.29 bits per heavy atom. The van der Waals surface area contributed by atoms with E-state index in [1.54, 1.807) is 17.5 Å². The van der Waals surface area contributed by atoms with E-state index in [9.17, 15) is 4.79 Å². The Labute approximate surface area is 128 Å². The van der Waals surface area contributed by atoms with Crippen molar-refractivity contribution in [2.45, 2.75) is 24.8 Å². The van der Waals surface area contributed by atoms with Crippen molar-refractivity contribution in [3.05, 3.63) is 40.8 Å². The van der Waals surface area contributed by atoms with Gasteiger partial charge in [0.05, 0.1) is 0 Å². The number of amides is 1. The van der Waals surface area contributed by atoms with E-state index in [1.807, 2.05) is 23.0 Å². The summed E-state index contributed by atoms with van der Waals surface area (Å²) in [6, 6.07) is 6.02. The minimum atomic E-state index is -0.538. The molecule has 3 rings (SSSR count). The molecule has 0 saturated carbocycles. The highest BCUT2D eigenvalue weighted by Gasteiger charge is 2.41. The lowest BCUT2D eigenvalue weighted by atomic mass is 9.87. The molecule has 1 amide bonds. The minimum Gasteiger partial charge on any atom is -0.354 e. The maximum absolute atomic E-state index is 12.8. The highest BCUT2D eigenvalue weighted by atomic mass is 32.1. The van der Waals surface area contributed by atoms with E-state index >= 15 is 0 Å². The van der Waals surface area contributed by atoms with Crippen LogP contribution in [0.5, 0.6) is 0 Å². The summed E-state index contributed by atoms with van der Waals surface area (Å²) in [5, 5.41) is 12.8. The van der Waals surface area contributed by atoms with Crippen LogP contribution in [-0.4, -0.2) is 35.3 Å². The second-order valence-electron chi connectivity index (χ2n) is 5.32. The highest BCUT2D eigenvalue weighted by molar-refractivity contribution is 7.09. The van der Waals surface area contributed by atoms with Crippen LogP contribution < -0.4 is 10.6 Å². The third-order valence-corrected chi connectivity index (χ3v) is 4.97. The summed E-state index contributed by atoms with van der Waals surface area (Å²) in [4.78, 5) is 14.1. The average Bonchev–Trinajstić information content (AvgIpc) is 3.21. The van der Waals surface area contributed by atoms with Crippen molar-refractivity contribution in [3.63, 3.8) is 0 Å². The normalized spacial score (nSPS) is 17.5. The van der Waals surface area contributed by atoms with Crippen LogP contribution in [0.1, 0.15) is 17.7 Å². The lowest BCUT2D eigenvalue weighted by molar-refractivity contribution is -0.131. The SMILES string of the molecule is O=C(NCCc1cccs1)C1(n2cccn2)CCNCC1. The number of aromatic nitrogens is 2. The first-order chi connectivity index (χ1) is 10.3. The summed E-state index contributed by atoms with van der Waals surface area (Å²) in [7, 11) is 0. The standard InChI is InChI=1S/C15H20N4OS/c20-14(17-8-4-13-3-1-12-21-13)15(5-9-16-10-6-15)19-11-2-7-18-19/h1-3,7,11-12,16H,4-6,8-10H2,(H,17,20). The van der Waals surface area contributed by atoms with E-state index in [4.69, 9.17) is 0 Å². The van der Waals surface area contributed by atoms with Gasteiger partial charge in [-0.15, -0.1) is 11.3 Å². The molecule has 0 aliphatic carbocycles. The van der Waals surface area contributed by atoms with Crippen molar-refractivity contribution in [2.75, 3.05) is 19.6 Å². The summed E-state index contributed by atoms with van der Waals surface area (Å²) < 4.78 is 1.83. The first-order valence-corrected chi connectivity index (χ1v) is 8.21. The van der Waals surface area contributed by atoms with Gasteiger partial charge in [0.15, 0.2) is 0 Å². The second-order valence-corrected chi connectivity index (χ2v) is 6.35. The monoisotopic (exact) mass is 304 g/mol. The van der Waals surface area contributed by atoms with Gasteiger partial charge in [-0.3, -0.25) is 9.48 Å². The van der Waals surface area contributed by atoms with Gasteiger partial charge in [-0.1, -0.05) is 6.07 Å². The summed E-state index contributed by atoms with van der Waals surface area (Å²) in [5.41, 5.74) is -0.538. The van der Waals surface area contributed by atoms with Gasteiger partial charge in [0, 0.05) is 23.8 Å². The number of nitrogens with one attached hydrogen (secondary N) is 2. The molecule has 6 heteroatoms. The molecular formula is C15H20N4OS. The third kappa shape index (κ3) is 3.01. The maximum atomic E-state index is 12.8. The number of nitrogens with zero attached hydrogens (tertiary/aromatic N) is 2. The summed E-state index contributed by atoms with van der Waals surface area (Å²) in [5.74, 6) is 0.0873. The molecule has 2 N–H and O–H groups in total. The third-order valence-electron chi connectivity index (χ3n) is 4.03. The number of carbonyl (C=O) groups is 1. The number of piperidine rings is 1. The second kappa shape index (κ2) is 6.41. The quantitative estimate of drug-likeness (QED) is 0.877. The van der Waals surface area contributed by atoms with E-state index in [-0.39, 0.29) is 5.91 Å². The number of carbonyl (C=O) groups excluding carboxylic acids is 1. The van der Waals surface area contributed by atoms with E-state index < -0.39 is 5.54 Å². The van der Waals surface area contributed by atoms with Crippen LogP contribution in [0.3, 0.4) is 0 Å². The molecule has 1 aliphatic rings. The summed E-state index contributed by atoms with van der Waals surface area (Å²) in [6.45, 7) is 2.37. The van der Waals surface area contributed by atoms with E-state index in [0.29, 0.717) is 6.54 Å². The van der Waals surface area contributed by atoms with Crippen molar-refractivity contribution in [3.8, 4) is 0 Å². The van der Waals surface area contributed by atoms with Crippen LogP contribution >= 0.6 is 11.3 Å². The maximum Gasteiger partial charge on any atom is 0.248 e. The molecule has 2 aromatic heterocycles. The molecule has 5 nitrogen and oxygen atoms in total. The van der Waals surface area contributed by atoms with Crippen molar-refractivity contribution < 1.29 is 4.79 Å². The molecule has 0 aromatic carbocycles. The number of hydrogen-bond donors (Lipinski definition) is 2. The molecule has 3 heterocycles. The van der Waals surface area contributed by atoms with Crippen molar-refractivity contribution >= 4 is 17.2 Å². The predicted octanol–water partition coefficient (Wildman–Crippen LogP) is 1.38. The minimum absolute atomic E-state index is 0.0873. The Kier molecular flexibility index (Phi) is 4.36. The van der Waals surface area contributed by atoms with E-state index in [1.165, 1.54) is 4.88 Å². The number of hydrogen-bond acceptors (Lipinski definition) is 4. The van der Waals surface area contributed by atoms with Crippen molar-refractivity contribution in [1.29, 1.82) is 0 Å². The lowest BCUT2D eigenvalue weighted by Gasteiger charge is -2.36. The number of thiophene rings is 1. The zero-order valence-corrected chi connectivity index (χ0v) is 12.7. The van der Waals surface area contributed by atoms with Crippen LogP contribution in [0, 0.1) is 0 Å².